The van der Waals surface area contributed by atoms with Crippen LogP contribution in [0.1, 0.15) is 132 Å². The third-order valence-corrected chi connectivity index (χ3v) is 9.90. The van der Waals surface area contributed by atoms with Gasteiger partial charge in [-0.2, -0.15) is 0 Å². The van der Waals surface area contributed by atoms with E-state index < -0.39 is 0 Å². The average Bonchev–Trinajstić information content (AvgIpc) is 3.33. The Hall–Kier alpha value is -2.58. The van der Waals surface area contributed by atoms with Crippen LogP contribution >= 0.6 is 27.3 Å². The van der Waals surface area contributed by atoms with Crippen molar-refractivity contribution in [1.29, 1.82) is 0 Å². The number of carbonyl (C=O) groups excluding carboxylic acids is 4. The van der Waals surface area contributed by atoms with Crippen molar-refractivity contribution in [2.75, 3.05) is 13.1 Å². The lowest BCUT2D eigenvalue weighted by atomic mass is 9.84. The van der Waals surface area contributed by atoms with Crippen molar-refractivity contribution in [3.63, 3.8) is 0 Å². The number of halogens is 1. The van der Waals surface area contributed by atoms with E-state index in [0.717, 1.165) is 55.2 Å². The maximum atomic E-state index is 13.9. The second-order valence-corrected chi connectivity index (χ2v) is 13.4. The maximum Gasteiger partial charge on any atom is 0.262 e. The number of unbranched alkanes of at least 4 members (excludes halogenated alkanes) is 10. The van der Waals surface area contributed by atoms with Gasteiger partial charge in [-0.25, -0.2) is 0 Å². The third kappa shape index (κ3) is 5.13. The van der Waals surface area contributed by atoms with E-state index in [1.54, 1.807) is 12.1 Å². The monoisotopic (exact) mass is 624 g/mol. The normalized spacial score (nSPS) is 14.9. The topological polar surface area (TPSA) is 74.8 Å². The second kappa shape index (κ2) is 12.5. The highest BCUT2D eigenvalue weighted by Gasteiger charge is 2.42. The highest BCUT2D eigenvalue weighted by atomic mass is 79.9. The molecule has 4 amide bonds. The predicted molar refractivity (Wildman–Crippen MR) is 165 cm³/mol. The van der Waals surface area contributed by atoms with E-state index in [9.17, 15) is 19.2 Å². The molecule has 2 aromatic carbocycles. The van der Waals surface area contributed by atoms with Gasteiger partial charge < -0.3 is 0 Å². The van der Waals surface area contributed by atoms with Crippen LogP contribution in [0.15, 0.2) is 22.0 Å². The molecule has 5 rings (SSSR count). The number of rotatable bonds is 14. The molecule has 8 heteroatoms. The van der Waals surface area contributed by atoms with E-state index in [1.165, 1.54) is 46.8 Å². The molecule has 0 fully saturated rings. The molecule has 0 N–H and O–H groups in total. The first-order valence-electron chi connectivity index (χ1n) is 14.8. The van der Waals surface area contributed by atoms with E-state index in [2.05, 4.69) is 29.8 Å². The Balaban J connectivity index is 1.52. The molecule has 0 atom stereocenters. The molecule has 40 heavy (non-hydrogen) atoms. The molecule has 0 aliphatic carbocycles. The Kier molecular flexibility index (Phi) is 9.05. The second-order valence-electron chi connectivity index (χ2n) is 11.0. The molecule has 0 saturated carbocycles. The number of thiophene rings is 1. The molecule has 2 aliphatic rings. The lowest BCUT2D eigenvalue weighted by molar-refractivity contribution is 0.0588. The zero-order valence-corrected chi connectivity index (χ0v) is 25.8. The average molecular weight is 626 g/mol. The van der Waals surface area contributed by atoms with Gasteiger partial charge in [-0.05, 0) is 47.0 Å². The van der Waals surface area contributed by atoms with Crippen LogP contribution in [-0.2, 0) is 0 Å². The molecule has 0 saturated heterocycles. The van der Waals surface area contributed by atoms with Crippen LogP contribution in [-0.4, -0.2) is 46.5 Å². The first kappa shape index (κ1) is 28.9. The van der Waals surface area contributed by atoms with Gasteiger partial charge in [0.05, 0.1) is 14.9 Å². The summed E-state index contributed by atoms with van der Waals surface area (Å²) in [6, 6.07) is 5.23. The molecule has 6 nitrogen and oxygen atoms in total. The first-order chi connectivity index (χ1) is 19.4. The molecule has 0 unspecified atom stereocenters. The summed E-state index contributed by atoms with van der Waals surface area (Å²) in [4.78, 5) is 57.9. The van der Waals surface area contributed by atoms with Gasteiger partial charge in [-0.15, -0.1) is 11.3 Å². The van der Waals surface area contributed by atoms with Crippen molar-refractivity contribution in [3.8, 4) is 0 Å². The van der Waals surface area contributed by atoms with Crippen LogP contribution in [0, 0.1) is 0 Å². The SMILES string of the molecule is CCCCCCCCN1C(=O)c2ccc3c4c(c5sc(Br)cc5c(c24)C1=O)C(=O)N(CCCCCCCC)C3=O. The Bertz CT molecular complexity index is 1390. The first-order valence-corrected chi connectivity index (χ1v) is 16.5. The van der Waals surface area contributed by atoms with Crippen molar-refractivity contribution in [1.82, 2.24) is 9.80 Å². The molecule has 2 aliphatic heterocycles. The molecular formula is C32H37BrN2O4S. The van der Waals surface area contributed by atoms with Crippen molar-refractivity contribution in [2.45, 2.75) is 90.9 Å². The van der Waals surface area contributed by atoms with Gasteiger partial charge >= 0.3 is 0 Å². The van der Waals surface area contributed by atoms with E-state index in [0.29, 0.717) is 56.2 Å². The zero-order chi connectivity index (χ0) is 28.4. The van der Waals surface area contributed by atoms with Crippen LogP contribution in [0.5, 0.6) is 0 Å². The number of hydrogen-bond donors (Lipinski definition) is 0. The summed E-state index contributed by atoms with van der Waals surface area (Å²) in [7, 11) is 0. The fourth-order valence-electron chi connectivity index (χ4n) is 6.14. The summed E-state index contributed by atoms with van der Waals surface area (Å²) in [5.74, 6) is -1.34. The maximum absolute atomic E-state index is 13.9. The molecule has 212 valence electrons. The van der Waals surface area contributed by atoms with Crippen LogP contribution in [0.25, 0.3) is 20.9 Å². The summed E-state index contributed by atoms with van der Waals surface area (Å²) in [5, 5.41) is 1.59. The molecule has 3 heterocycles. The number of amides is 4. The van der Waals surface area contributed by atoms with Gasteiger partial charge in [-0.3, -0.25) is 29.0 Å². The summed E-state index contributed by atoms with van der Waals surface area (Å²) >= 11 is 4.97. The zero-order valence-electron chi connectivity index (χ0n) is 23.4. The van der Waals surface area contributed by atoms with Gasteiger partial charge in [0.1, 0.15) is 0 Å². The minimum absolute atomic E-state index is 0.330. The number of benzene rings is 2. The van der Waals surface area contributed by atoms with Crippen LogP contribution in [0.3, 0.4) is 0 Å². The van der Waals surface area contributed by atoms with E-state index in [-0.39, 0.29) is 23.6 Å². The number of nitrogens with zero attached hydrogens (tertiary/aromatic N) is 2. The van der Waals surface area contributed by atoms with E-state index >= 15 is 0 Å². The van der Waals surface area contributed by atoms with Crippen molar-refractivity contribution in [3.05, 3.63) is 44.2 Å². The third-order valence-electron chi connectivity index (χ3n) is 8.24. The van der Waals surface area contributed by atoms with Gasteiger partial charge in [0.15, 0.2) is 0 Å². The van der Waals surface area contributed by atoms with Crippen LogP contribution < -0.4 is 0 Å². The highest BCUT2D eigenvalue weighted by molar-refractivity contribution is 9.11. The number of fused-ring (bicyclic) bond motifs is 3. The molecule has 0 spiro atoms. The fraction of sp³-hybridized carbons (Fsp3) is 0.500. The smallest absolute Gasteiger partial charge is 0.262 e. The summed E-state index contributed by atoms with van der Waals surface area (Å²) in [5.41, 5.74) is 1.67. The molecule has 0 bridgehead atoms. The number of imide groups is 2. The molecule has 0 radical (unpaired) electrons. The van der Waals surface area contributed by atoms with Gasteiger partial charge in [0.2, 0.25) is 0 Å². The Labute approximate surface area is 248 Å². The number of hydrogen-bond acceptors (Lipinski definition) is 5. The summed E-state index contributed by atoms with van der Waals surface area (Å²) in [6.07, 6.45) is 12.7. The lowest BCUT2D eigenvalue weighted by Gasteiger charge is -2.32. The summed E-state index contributed by atoms with van der Waals surface area (Å²) in [6.45, 7) is 5.09. The summed E-state index contributed by atoms with van der Waals surface area (Å²) < 4.78 is 1.49. The standard InChI is InChI=1S/C32H37BrN2O4S/c1-3-5-7-9-11-13-17-34-29(36)20-15-16-21-25-24(20)26(31(34)38)22-19-23(33)40-28(22)27(25)32(39)35(30(21)37)18-14-12-10-8-6-4-2/h15-16,19H,3-14,17-18H2,1-2H3. The number of carbonyl (C=O) groups is 4. The van der Waals surface area contributed by atoms with Crippen LogP contribution in [0.2, 0.25) is 0 Å². The molecule has 1 aromatic heterocycles. The Morgan fingerprint density at radius 3 is 1.60 bits per heavy atom. The van der Waals surface area contributed by atoms with Gasteiger partial charge in [0.25, 0.3) is 23.6 Å². The highest BCUT2D eigenvalue weighted by Crippen LogP contribution is 2.46. The van der Waals surface area contributed by atoms with Crippen molar-refractivity contribution >= 4 is 71.8 Å². The van der Waals surface area contributed by atoms with Gasteiger partial charge in [-0.1, -0.05) is 78.1 Å². The van der Waals surface area contributed by atoms with Crippen molar-refractivity contribution < 1.29 is 19.2 Å². The van der Waals surface area contributed by atoms with Gasteiger partial charge in [0, 0.05) is 45.1 Å². The largest absolute Gasteiger partial charge is 0.274 e. The van der Waals surface area contributed by atoms with Crippen molar-refractivity contribution in [2.24, 2.45) is 0 Å². The minimum atomic E-state index is -0.341. The quantitative estimate of drug-likeness (QED) is 0.133. The Morgan fingerprint density at radius 1 is 0.625 bits per heavy atom. The van der Waals surface area contributed by atoms with Crippen LogP contribution in [0.4, 0.5) is 0 Å². The lowest BCUT2D eigenvalue weighted by Crippen LogP contribution is -2.44. The molecule has 3 aromatic rings. The molecular weight excluding hydrogens is 588 g/mol. The van der Waals surface area contributed by atoms with E-state index in [1.807, 2.05) is 6.07 Å². The Morgan fingerprint density at radius 2 is 1.07 bits per heavy atom. The predicted octanol–water partition coefficient (Wildman–Crippen LogP) is 8.73. The minimum Gasteiger partial charge on any atom is -0.274 e. The fourth-order valence-corrected chi connectivity index (χ4v) is 7.79. The van der Waals surface area contributed by atoms with E-state index in [4.69, 9.17) is 0 Å².